The lowest BCUT2D eigenvalue weighted by Crippen LogP contribution is -2.32. The normalized spacial score (nSPS) is 12.4. The predicted molar refractivity (Wildman–Crippen MR) is 150 cm³/mol. The third-order valence-electron chi connectivity index (χ3n) is 5.64. The van der Waals surface area contributed by atoms with E-state index in [9.17, 15) is 14.4 Å². The summed E-state index contributed by atoms with van der Waals surface area (Å²) in [5, 5.41) is 6.65. The lowest BCUT2D eigenvalue weighted by Gasteiger charge is -2.09. The van der Waals surface area contributed by atoms with E-state index in [2.05, 4.69) is 15.8 Å². The average Bonchev–Trinajstić information content (AvgIpc) is 3.69. The van der Waals surface area contributed by atoms with Gasteiger partial charge in [0.1, 0.15) is 17.2 Å². The Hall–Kier alpha value is -5.90. The van der Waals surface area contributed by atoms with Crippen LogP contribution in [0.3, 0.4) is 0 Å². The summed E-state index contributed by atoms with van der Waals surface area (Å²) in [6.07, 6.45) is 7.19. The number of nitrogens with one attached hydrogen (secondary N) is 2. The molecule has 5 rings (SSSR count). The highest BCUT2D eigenvalue weighted by molar-refractivity contribution is 6.05. The third-order valence-corrected chi connectivity index (χ3v) is 5.64. The van der Waals surface area contributed by atoms with Crippen molar-refractivity contribution in [1.29, 1.82) is 0 Å². The standard InChI is InChI=1S/C31H23N3O7/c35-29(15-13-24-7-4-16-38-24)41-25-11-8-21(9-12-25)19-32-34-31(37)26(33-30(36)23-5-2-1-3-6-23)17-22-10-14-27-28(18-22)40-20-39-27/h1-19H,20H2,(H,33,36)(H,34,37)/b15-13+,26-17+,32-19-. The Balaban J connectivity index is 1.23. The van der Waals surface area contributed by atoms with Gasteiger partial charge in [-0.1, -0.05) is 24.3 Å². The minimum absolute atomic E-state index is 0.0280. The molecule has 10 nitrogen and oxygen atoms in total. The fourth-order valence-electron chi connectivity index (χ4n) is 3.65. The van der Waals surface area contributed by atoms with Crippen LogP contribution in [0.4, 0.5) is 0 Å². The summed E-state index contributed by atoms with van der Waals surface area (Å²) >= 11 is 0. The molecule has 4 aromatic rings. The molecule has 204 valence electrons. The van der Waals surface area contributed by atoms with Crippen LogP contribution in [0.1, 0.15) is 27.2 Å². The Morgan fingerprint density at radius 1 is 0.854 bits per heavy atom. The van der Waals surface area contributed by atoms with Crippen LogP contribution in [0.15, 0.2) is 112 Å². The fraction of sp³-hybridized carbons (Fsp3) is 0.0323. The highest BCUT2D eigenvalue weighted by Gasteiger charge is 2.17. The zero-order valence-corrected chi connectivity index (χ0v) is 21.5. The Morgan fingerprint density at radius 2 is 1.63 bits per heavy atom. The number of hydrazone groups is 1. The van der Waals surface area contributed by atoms with E-state index >= 15 is 0 Å². The number of amides is 2. The summed E-state index contributed by atoms with van der Waals surface area (Å²) in [7, 11) is 0. The van der Waals surface area contributed by atoms with Crippen molar-refractivity contribution in [3.05, 3.63) is 125 Å². The van der Waals surface area contributed by atoms with E-state index in [0.29, 0.717) is 39.7 Å². The third kappa shape index (κ3) is 7.36. The zero-order valence-electron chi connectivity index (χ0n) is 21.5. The van der Waals surface area contributed by atoms with Gasteiger partial charge in [0.2, 0.25) is 6.79 Å². The number of nitrogens with zero attached hydrogens (tertiary/aromatic N) is 1. The molecule has 2 amide bonds. The molecule has 0 spiro atoms. The molecule has 0 unspecified atom stereocenters. The molecule has 0 saturated heterocycles. The van der Waals surface area contributed by atoms with Gasteiger partial charge in [-0.15, -0.1) is 0 Å². The molecule has 41 heavy (non-hydrogen) atoms. The first-order chi connectivity index (χ1) is 20.0. The van der Waals surface area contributed by atoms with Crippen molar-refractivity contribution in [3.8, 4) is 17.2 Å². The van der Waals surface area contributed by atoms with Crippen LogP contribution >= 0.6 is 0 Å². The molecule has 0 bridgehead atoms. The van der Waals surface area contributed by atoms with Crippen LogP contribution in [-0.4, -0.2) is 30.8 Å². The van der Waals surface area contributed by atoms with E-state index in [4.69, 9.17) is 18.6 Å². The van der Waals surface area contributed by atoms with E-state index in [1.807, 2.05) is 0 Å². The Labute approximate surface area is 234 Å². The number of carbonyl (C=O) groups excluding carboxylic acids is 3. The summed E-state index contributed by atoms with van der Waals surface area (Å²) in [5.74, 6) is 0.333. The van der Waals surface area contributed by atoms with E-state index in [0.717, 1.165) is 0 Å². The van der Waals surface area contributed by atoms with Crippen molar-refractivity contribution in [3.63, 3.8) is 0 Å². The van der Waals surface area contributed by atoms with Gasteiger partial charge >= 0.3 is 5.97 Å². The maximum Gasteiger partial charge on any atom is 0.336 e. The van der Waals surface area contributed by atoms with E-state index in [1.54, 1.807) is 84.9 Å². The highest BCUT2D eigenvalue weighted by atomic mass is 16.7. The maximum absolute atomic E-state index is 13.0. The maximum atomic E-state index is 13.0. The zero-order chi connectivity index (χ0) is 28.4. The largest absolute Gasteiger partial charge is 0.465 e. The van der Waals surface area contributed by atoms with Gasteiger partial charge in [-0.05, 0) is 83.9 Å². The summed E-state index contributed by atoms with van der Waals surface area (Å²) in [6.45, 7) is 0.113. The lowest BCUT2D eigenvalue weighted by atomic mass is 10.1. The lowest BCUT2D eigenvalue weighted by molar-refractivity contribution is -0.129. The molecule has 1 aromatic heterocycles. The van der Waals surface area contributed by atoms with Crippen LogP contribution in [-0.2, 0) is 9.59 Å². The molecule has 2 heterocycles. The van der Waals surface area contributed by atoms with Gasteiger partial charge in [0, 0.05) is 11.6 Å². The van der Waals surface area contributed by atoms with Gasteiger partial charge in [0.15, 0.2) is 11.5 Å². The van der Waals surface area contributed by atoms with Crippen LogP contribution in [0.25, 0.3) is 12.2 Å². The summed E-state index contributed by atoms with van der Waals surface area (Å²) in [6, 6.07) is 23.6. The molecular formula is C31H23N3O7. The van der Waals surface area contributed by atoms with Crippen LogP contribution in [0.5, 0.6) is 17.2 Å². The number of esters is 1. The second kappa shape index (κ2) is 12.8. The Morgan fingerprint density at radius 3 is 2.41 bits per heavy atom. The Kier molecular flexibility index (Phi) is 8.31. The van der Waals surface area contributed by atoms with Crippen molar-refractivity contribution in [2.75, 3.05) is 6.79 Å². The molecule has 0 fully saturated rings. The first-order valence-electron chi connectivity index (χ1n) is 12.4. The molecule has 0 radical (unpaired) electrons. The van der Waals surface area contributed by atoms with Gasteiger partial charge in [0.25, 0.3) is 11.8 Å². The molecule has 1 aliphatic rings. The number of benzene rings is 3. The van der Waals surface area contributed by atoms with Gasteiger partial charge in [-0.25, -0.2) is 10.2 Å². The number of hydrogen-bond acceptors (Lipinski definition) is 8. The molecule has 0 saturated carbocycles. The van der Waals surface area contributed by atoms with Crippen LogP contribution in [0, 0.1) is 0 Å². The van der Waals surface area contributed by atoms with Crippen molar-refractivity contribution in [1.82, 2.24) is 10.7 Å². The molecule has 0 aliphatic carbocycles. The molecule has 2 N–H and O–H groups in total. The number of ether oxygens (including phenoxy) is 3. The van der Waals surface area contributed by atoms with Gasteiger partial charge in [0.05, 0.1) is 12.5 Å². The summed E-state index contributed by atoms with van der Waals surface area (Å²) < 4.78 is 21.1. The van der Waals surface area contributed by atoms with E-state index in [-0.39, 0.29) is 12.5 Å². The SMILES string of the molecule is O=C(/C=C/c1ccco1)Oc1ccc(/C=N\NC(=O)/C(=C\c2ccc3c(c2)OCO3)NC(=O)c2ccccc2)cc1. The van der Waals surface area contributed by atoms with Crippen molar-refractivity contribution >= 4 is 36.2 Å². The molecule has 10 heteroatoms. The Bertz CT molecular complexity index is 1620. The average molecular weight is 550 g/mol. The van der Waals surface area contributed by atoms with Crippen molar-refractivity contribution in [2.45, 2.75) is 0 Å². The first-order valence-corrected chi connectivity index (χ1v) is 12.4. The monoisotopic (exact) mass is 549 g/mol. The van der Waals surface area contributed by atoms with Crippen molar-refractivity contribution < 1.29 is 33.0 Å². The second-order valence-corrected chi connectivity index (χ2v) is 8.53. The number of carbonyl (C=O) groups is 3. The molecule has 1 aliphatic heterocycles. The molecule has 0 atom stereocenters. The van der Waals surface area contributed by atoms with Crippen LogP contribution < -0.4 is 25.0 Å². The molecule has 3 aromatic carbocycles. The quantitative estimate of drug-likeness (QED) is 0.103. The van der Waals surface area contributed by atoms with Crippen molar-refractivity contribution in [2.24, 2.45) is 5.10 Å². The summed E-state index contributed by atoms with van der Waals surface area (Å²) in [5.41, 5.74) is 4.03. The number of furan rings is 1. The van der Waals surface area contributed by atoms with Gasteiger partial charge in [-0.3, -0.25) is 9.59 Å². The number of fused-ring (bicyclic) bond motifs is 1. The predicted octanol–water partition coefficient (Wildman–Crippen LogP) is 4.55. The topological polar surface area (TPSA) is 128 Å². The minimum atomic E-state index is -0.642. The van der Waals surface area contributed by atoms with E-state index < -0.39 is 17.8 Å². The fourth-order valence-corrected chi connectivity index (χ4v) is 3.65. The second-order valence-electron chi connectivity index (χ2n) is 8.53. The highest BCUT2D eigenvalue weighted by Crippen LogP contribution is 2.33. The smallest absolute Gasteiger partial charge is 0.336 e. The molecular weight excluding hydrogens is 526 g/mol. The number of rotatable bonds is 9. The number of hydrogen-bond donors (Lipinski definition) is 2. The van der Waals surface area contributed by atoms with E-state index in [1.165, 1.54) is 30.7 Å². The van der Waals surface area contributed by atoms with Gasteiger partial charge < -0.3 is 23.9 Å². The minimum Gasteiger partial charge on any atom is -0.465 e. The first kappa shape index (κ1) is 26.7. The van der Waals surface area contributed by atoms with Gasteiger partial charge in [-0.2, -0.15) is 5.10 Å². The summed E-state index contributed by atoms with van der Waals surface area (Å²) in [4.78, 5) is 37.8. The van der Waals surface area contributed by atoms with Crippen LogP contribution in [0.2, 0.25) is 0 Å².